The average molecular weight is 453 g/mol. The maximum absolute atomic E-state index is 10.0. The number of ether oxygens (including phenoxy) is 1. The van der Waals surface area contributed by atoms with Crippen LogP contribution in [0.4, 0.5) is 0 Å². The van der Waals surface area contributed by atoms with E-state index in [2.05, 4.69) is 32.2 Å². The van der Waals surface area contributed by atoms with Crippen LogP contribution in [0, 0.1) is 11.8 Å². The lowest BCUT2D eigenvalue weighted by Crippen LogP contribution is -2.42. The highest BCUT2D eigenvalue weighted by Gasteiger charge is 2.28. The number of hydrogen-bond donors (Lipinski definition) is 1. The Bertz CT molecular complexity index is 988. The van der Waals surface area contributed by atoms with Crippen molar-refractivity contribution >= 4 is 22.7 Å². The number of nitrogens with zero attached hydrogens (tertiary/aromatic N) is 4. The standard InChI is InChI=1S/C25H32N4O2S/c1-31-22-5-6-25-24(15-22)20(7-10-26-25)4-2-3-19-9-12-29(17-21(19)18-30)13-14-32-23-8-11-27-28-16-23/h5-8,10-11,15-16,19,21,30H,2-4,9,12-14,17-18H2,1H3/t19-,21-/m1/s1. The monoisotopic (exact) mass is 452 g/mol. The molecule has 0 spiro atoms. The molecule has 1 aliphatic rings. The fourth-order valence-corrected chi connectivity index (χ4v) is 5.55. The van der Waals surface area contributed by atoms with E-state index in [9.17, 15) is 5.11 Å². The van der Waals surface area contributed by atoms with Crippen LogP contribution in [-0.4, -0.2) is 64.3 Å². The van der Waals surface area contributed by atoms with Crippen molar-refractivity contribution in [1.82, 2.24) is 20.1 Å². The van der Waals surface area contributed by atoms with Crippen LogP contribution in [-0.2, 0) is 6.42 Å². The zero-order chi connectivity index (χ0) is 22.2. The van der Waals surface area contributed by atoms with E-state index >= 15 is 0 Å². The zero-order valence-electron chi connectivity index (χ0n) is 18.7. The third-order valence-corrected chi connectivity index (χ3v) is 7.46. The van der Waals surface area contributed by atoms with Gasteiger partial charge in [0.05, 0.1) is 25.0 Å². The zero-order valence-corrected chi connectivity index (χ0v) is 19.5. The number of aromatic nitrogens is 3. The van der Waals surface area contributed by atoms with Crippen LogP contribution in [0.25, 0.3) is 10.9 Å². The normalized spacial score (nSPS) is 19.3. The summed E-state index contributed by atoms with van der Waals surface area (Å²) in [5.41, 5.74) is 2.35. The van der Waals surface area contributed by atoms with Crippen LogP contribution in [0.2, 0.25) is 0 Å². The molecule has 1 aliphatic heterocycles. The molecule has 1 N–H and O–H groups in total. The van der Waals surface area contributed by atoms with Crippen LogP contribution in [0.5, 0.6) is 5.75 Å². The van der Waals surface area contributed by atoms with Gasteiger partial charge in [0, 0.05) is 41.9 Å². The van der Waals surface area contributed by atoms with Crippen molar-refractivity contribution in [2.45, 2.75) is 30.6 Å². The second kappa shape index (κ2) is 11.6. The smallest absolute Gasteiger partial charge is 0.119 e. The van der Waals surface area contributed by atoms with E-state index in [1.165, 1.54) is 10.9 Å². The van der Waals surface area contributed by atoms with Gasteiger partial charge in [0.2, 0.25) is 0 Å². The Hall–Kier alpha value is -2.22. The van der Waals surface area contributed by atoms with E-state index in [1.807, 2.05) is 42.4 Å². The van der Waals surface area contributed by atoms with Crippen molar-refractivity contribution in [3.8, 4) is 5.75 Å². The van der Waals surface area contributed by atoms with E-state index < -0.39 is 0 Å². The molecule has 0 aliphatic carbocycles. The molecule has 2 aromatic heterocycles. The summed E-state index contributed by atoms with van der Waals surface area (Å²) < 4.78 is 5.40. The van der Waals surface area contributed by atoms with E-state index in [4.69, 9.17) is 4.74 Å². The molecule has 32 heavy (non-hydrogen) atoms. The molecule has 3 aromatic rings. The van der Waals surface area contributed by atoms with Crippen LogP contribution in [0.3, 0.4) is 0 Å². The third-order valence-electron chi connectivity index (χ3n) is 6.50. The second-order valence-corrected chi connectivity index (χ2v) is 9.63. The van der Waals surface area contributed by atoms with Crippen LogP contribution >= 0.6 is 11.8 Å². The quantitative estimate of drug-likeness (QED) is 0.465. The highest BCUT2D eigenvalue weighted by molar-refractivity contribution is 7.99. The maximum Gasteiger partial charge on any atom is 0.119 e. The molecule has 0 saturated carbocycles. The number of aliphatic hydroxyl groups is 1. The number of pyridine rings is 1. The molecule has 4 rings (SSSR count). The molecule has 0 amide bonds. The van der Waals surface area contributed by atoms with E-state index in [0.29, 0.717) is 11.8 Å². The molecular formula is C25H32N4O2S. The first kappa shape index (κ1) is 23.0. The van der Waals surface area contributed by atoms with Crippen molar-refractivity contribution < 1.29 is 9.84 Å². The molecule has 0 unspecified atom stereocenters. The van der Waals surface area contributed by atoms with Crippen molar-refractivity contribution in [1.29, 1.82) is 0 Å². The minimum absolute atomic E-state index is 0.276. The van der Waals surface area contributed by atoms with Crippen molar-refractivity contribution in [2.24, 2.45) is 11.8 Å². The Balaban J connectivity index is 1.26. The molecule has 3 heterocycles. The molecule has 170 valence electrons. The number of hydrogen-bond acceptors (Lipinski definition) is 7. The third kappa shape index (κ3) is 5.97. The molecular weight excluding hydrogens is 420 g/mol. The Labute approximate surface area is 194 Å². The predicted octanol–water partition coefficient (Wildman–Crippen LogP) is 4.08. The van der Waals surface area contributed by atoms with Crippen molar-refractivity contribution in [2.75, 3.05) is 39.1 Å². The lowest BCUT2D eigenvalue weighted by molar-refractivity contribution is 0.0710. The van der Waals surface area contributed by atoms with Gasteiger partial charge in [0.25, 0.3) is 0 Å². The number of benzene rings is 1. The first-order valence-electron chi connectivity index (χ1n) is 11.4. The van der Waals surface area contributed by atoms with E-state index in [0.717, 1.165) is 67.2 Å². The molecule has 1 saturated heterocycles. The highest BCUT2D eigenvalue weighted by Crippen LogP contribution is 2.30. The largest absolute Gasteiger partial charge is 0.497 e. The summed E-state index contributed by atoms with van der Waals surface area (Å²) >= 11 is 1.82. The number of thioether (sulfide) groups is 1. The van der Waals surface area contributed by atoms with Crippen LogP contribution in [0.1, 0.15) is 24.8 Å². The summed E-state index contributed by atoms with van der Waals surface area (Å²) in [6, 6.07) is 10.2. The van der Waals surface area contributed by atoms with E-state index in [1.54, 1.807) is 13.3 Å². The number of aryl methyl sites for hydroxylation is 1. The predicted molar refractivity (Wildman–Crippen MR) is 129 cm³/mol. The van der Waals surface area contributed by atoms with Gasteiger partial charge in [0.15, 0.2) is 0 Å². The Morgan fingerprint density at radius 3 is 2.91 bits per heavy atom. The van der Waals surface area contributed by atoms with Gasteiger partial charge < -0.3 is 14.7 Å². The minimum Gasteiger partial charge on any atom is -0.497 e. The Morgan fingerprint density at radius 1 is 1.16 bits per heavy atom. The maximum atomic E-state index is 10.0. The molecule has 7 heteroatoms. The summed E-state index contributed by atoms with van der Waals surface area (Å²) in [4.78, 5) is 8.15. The van der Waals surface area contributed by atoms with E-state index in [-0.39, 0.29) is 6.61 Å². The summed E-state index contributed by atoms with van der Waals surface area (Å²) in [6.45, 7) is 3.43. The first-order valence-corrected chi connectivity index (χ1v) is 12.4. The van der Waals surface area contributed by atoms with Crippen molar-refractivity contribution in [3.63, 3.8) is 0 Å². The topological polar surface area (TPSA) is 71.4 Å². The van der Waals surface area contributed by atoms with Gasteiger partial charge in [-0.3, -0.25) is 4.98 Å². The summed E-state index contributed by atoms with van der Waals surface area (Å²) in [6.07, 6.45) is 9.93. The number of aliphatic hydroxyl groups excluding tert-OH is 1. The molecule has 0 bridgehead atoms. The Morgan fingerprint density at radius 2 is 2.09 bits per heavy atom. The van der Waals surface area contributed by atoms with Gasteiger partial charge in [-0.25, -0.2) is 0 Å². The van der Waals surface area contributed by atoms with Gasteiger partial charge in [0.1, 0.15) is 5.75 Å². The minimum atomic E-state index is 0.276. The first-order chi connectivity index (χ1) is 15.8. The molecule has 1 fully saturated rings. The number of piperidine rings is 1. The fraction of sp³-hybridized carbons (Fsp3) is 0.480. The van der Waals surface area contributed by atoms with Gasteiger partial charge in [-0.15, -0.1) is 11.8 Å². The van der Waals surface area contributed by atoms with Gasteiger partial charge in [-0.2, -0.15) is 10.2 Å². The summed E-state index contributed by atoms with van der Waals surface area (Å²) in [5.74, 6) is 2.87. The molecule has 6 nitrogen and oxygen atoms in total. The molecule has 2 atom stereocenters. The Kier molecular flexibility index (Phi) is 8.31. The molecule has 0 radical (unpaired) electrons. The van der Waals surface area contributed by atoms with Crippen molar-refractivity contribution in [3.05, 3.63) is 54.5 Å². The lowest BCUT2D eigenvalue weighted by Gasteiger charge is -2.38. The summed E-state index contributed by atoms with van der Waals surface area (Å²) in [5, 5.41) is 19.0. The SMILES string of the molecule is COc1ccc2nccc(CCC[C@@H]3CCN(CCSc4ccnnc4)C[C@@H]3CO)c2c1. The number of likely N-dealkylation sites (tertiary alicyclic amines) is 1. The van der Waals surface area contributed by atoms with Crippen LogP contribution < -0.4 is 4.74 Å². The fourth-order valence-electron chi connectivity index (χ4n) is 4.68. The number of rotatable bonds is 10. The lowest BCUT2D eigenvalue weighted by atomic mass is 9.82. The number of methoxy groups -OCH3 is 1. The van der Waals surface area contributed by atoms with Gasteiger partial charge in [-0.1, -0.05) is 0 Å². The molecule has 1 aromatic carbocycles. The summed E-state index contributed by atoms with van der Waals surface area (Å²) in [7, 11) is 1.70. The highest BCUT2D eigenvalue weighted by atomic mass is 32.2. The average Bonchev–Trinajstić information content (AvgIpc) is 2.85. The van der Waals surface area contributed by atoms with Gasteiger partial charge in [-0.05, 0) is 80.0 Å². The van der Waals surface area contributed by atoms with Gasteiger partial charge >= 0.3 is 0 Å². The number of fused-ring (bicyclic) bond motifs is 1. The van der Waals surface area contributed by atoms with Crippen LogP contribution in [0.15, 0.2) is 53.8 Å². The second-order valence-electron chi connectivity index (χ2n) is 8.46.